The molecule has 3 aliphatic rings. The van der Waals surface area contributed by atoms with Crippen LogP contribution in [0, 0.1) is 0 Å². The number of aliphatic hydroxyl groups is 11. The van der Waals surface area contributed by atoms with Crippen molar-refractivity contribution in [1.29, 1.82) is 0 Å². The van der Waals surface area contributed by atoms with Gasteiger partial charge in [-0.2, -0.15) is 0 Å². The first-order chi connectivity index (χ1) is 41.3. The molecule has 0 spiro atoms. The Labute approximate surface area is 508 Å². The topological polar surface area (TPSA) is 307 Å². The molecule has 3 rings (SSSR count). The maximum Gasteiger partial charge on any atom is 0.220 e. The predicted molar refractivity (Wildman–Crippen MR) is 328 cm³/mol. The van der Waals surface area contributed by atoms with Crippen molar-refractivity contribution in [3.05, 3.63) is 85.1 Å². The van der Waals surface area contributed by atoms with E-state index < -0.39 is 124 Å². The van der Waals surface area contributed by atoms with E-state index in [1.807, 2.05) is 6.08 Å². The summed E-state index contributed by atoms with van der Waals surface area (Å²) in [7, 11) is 0. The minimum absolute atomic E-state index is 0.199. The lowest BCUT2D eigenvalue weighted by Crippen LogP contribution is -2.66. The molecular weight excluding hydrogens is 1090 g/mol. The van der Waals surface area contributed by atoms with Gasteiger partial charge in [-0.1, -0.05) is 189 Å². The first-order valence-corrected chi connectivity index (χ1v) is 32.3. The monoisotopic (exact) mass is 1210 g/mol. The maximum absolute atomic E-state index is 13.3. The van der Waals surface area contributed by atoms with E-state index in [1.165, 1.54) is 83.5 Å². The van der Waals surface area contributed by atoms with Gasteiger partial charge >= 0.3 is 0 Å². The van der Waals surface area contributed by atoms with Crippen molar-refractivity contribution in [1.82, 2.24) is 5.32 Å². The van der Waals surface area contributed by atoms with Gasteiger partial charge < -0.3 is 89.9 Å². The number of unbranched alkanes of at least 4 members (excludes halogenated alkanes) is 19. The highest BCUT2D eigenvalue weighted by molar-refractivity contribution is 5.76. The molecular formula is C66H113NO18. The van der Waals surface area contributed by atoms with E-state index in [-0.39, 0.29) is 18.9 Å². The molecule has 12 N–H and O–H groups in total. The molecule has 490 valence electrons. The Morgan fingerprint density at radius 2 is 0.824 bits per heavy atom. The third-order valence-corrected chi connectivity index (χ3v) is 15.7. The van der Waals surface area contributed by atoms with E-state index in [0.29, 0.717) is 12.8 Å². The van der Waals surface area contributed by atoms with Gasteiger partial charge in [0.05, 0.1) is 38.6 Å². The average molecular weight is 1210 g/mol. The molecule has 1 amide bonds. The van der Waals surface area contributed by atoms with Crippen molar-refractivity contribution < 1.29 is 89.4 Å². The lowest BCUT2D eigenvalue weighted by Gasteiger charge is -2.48. The van der Waals surface area contributed by atoms with Crippen LogP contribution in [0.3, 0.4) is 0 Å². The van der Waals surface area contributed by atoms with Gasteiger partial charge in [0.15, 0.2) is 18.9 Å². The van der Waals surface area contributed by atoms with E-state index in [4.69, 9.17) is 28.4 Å². The molecule has 0 aromatic carbocycles. The number of aliphatic hydroxyl groups excluding tert-OH is 11. The Bertz CT molecular complexity index is 1880. The molecule has 17 atom stereocenters. The van der Waals surface area contributed by atoms with E-state index in [9.17, 15) is 61.0 Å². The van der Waals surface area contributed by atoms with Gasteiger partial charge in [-0.05, 0) is 83.5 Å². The van der Waals surface area contributed by atoms with Crippen molar-refractivity contribution in [2.24, 2.45) is 0 Å². The number of ether oxygens (including phenoxy) is 6. The molecule has 0 aromatic heterocycles. The second kappa shape index (κ2) is 47.9. The Morgan fingerprint density at radius 1 is 0.435 bits per heavy atom. The molecule has 85 heavy (non-hydrogen) atoms. The van der Waals surface area contributed by atoms with Crippen LogP contribution in [0.5, 0.6) is 0 Å². The fourth-order valence-electron chi connectivity index (χ4n) is 10.4. The number of hydrogen-bond donors (Lipinski definition) is 12. The molecule has 0 aliphatic carbocycles. The Morgan fingerprint density at radius 3 is 1.32 bits per heavy atom. The Hall–Kier alpha value is -3.03. The standard InChI is InChI=1S/C66H113NO18/c1-3-5-7-9-11-13-15-17-19-21-22-23-24-25-26-28-29-31-33-35-37-39-41-43-50(71)49(67-54(72)44-42-40-38-36-34-32-30-27-20-18-16-14-12-10-8-6-4-2)48-80-64-60(78)57(75)62(52(46-69)82-64)85-66-61(79)58(76)63(53(47-70)83-66)84-65-59(77)56(74)55(73)51(45-68)81-65/h6,8,12,14,18,20,26,28,30,32-33,35,41,43,49-53,55-66,68-71,73-79H,3-5,7,9-11,13,15-17,19,21-25,27,29,31,34,36-40,42,44-48H2,1-2H3,(H,67,72)/b8-6-,14-12-,20-18-,28-26+,32-30-,35-33+,43-41+. The molecule has 17 unspecified atom stereocenters. The number of nitrogens with one attached hydrogen (secondary N) is 1. The summed E-state index contributed by atoms with van der Waals surface area (Å²) < 4.78 is 34.2. The molecule has 3 saturated heterocycles. The summed E-state index contributed by atoms with van der Waals surface area (Å²) in [6, 6.07) is -1.01. The fraction of sp³-hybridized carbons (Fsp3) is 0.773. The van der Waals surface area contributed by atoms with Gasteiger partial charge in [-0.3, -0.25) is 4.79 Å². The molecule has 3 heterocycles. The van der Waals surface area contributed by atoms with E-state index >= 15 is 0 Å². The van der Waals surface area contributed by atoms with Crippen molar-refractivity contribution >= 4 is 5.91 Å². The third kappa shape index (κ3) is 30.8. The van der Waals surface area contributed by atoms with Crippen molar-refractivity contribution in [3.63, 3.8) is 0 Å². The second-order valence-electron chi connectivity index (χ2n) is 22.8. The molecule has 0 bridgehead atoms. The van der Waals surface area contributed by atoms with Gasteiger partial charge in [0, 0.05) is 6.42 Å². The summed E-state index contributed by atoms with van der Waals surface area (Å²) in [6.07, 6.45) is 32.8. The summed E-state index contributed by atoms with van der Waals surface area (Å²) >= 11 is 0. The first kappa shape index (κ1) is 76.2. The van der Waals surface area contributed by atoms with Crippen molar-refractivity contribution in [2.45, 2.75) is 298 Å². The SMILES string of the molecule is CC/C=C\C/C=C\C/C=C\C/C=C\CCCCCCC(=O)NC(COC1OC(CO)C(OC2OC(CO)C(OC3OC(CO)C(O)C(O)C3O)C(O)C2O)C(O)C1O)C(O)/C=C/CC/C=C/CC/C=C/CCCCCCCCCCCCCCC. The summed E-state index contributed by atoms with van der Waals surface area (Å²) in [4.78, 5) is 13.3. The molecule has 0 aromatic rings. The molecule has 19 heteroatoms. The largest absolute Gasteiger partial charge is 0.394 e. The zero-order valence-electron chi connectivity index (χ0n) is 51.3. The van der Waals surface area contributed by atoms with Gasteiger partial charge in [0.2, 0.25) is 5.91 Å². The maximum atomic E-state index is 13.3. The normalized spacial score (nSPS) is 29.5. The van der Waals surface area contributed by atoms with Crippen LogP contribution in [0.1, 0.15) is 194 Å². The first-order valence-electron chi connectivity index (χ1n) is 32.3. The summed E-state index contributed by atoms with van der Waals surface area (Å²) in [5, 5.41) is 120. The minimum Gasteiger partial charge on any atom is -0.394 e. The van der Waals surface area contributed by atoms with Crippen LogP contribution in [-0.2, 0) is 33.2 Å². The highest BCUT2D eigenvalue weighted by atomic mass is 16.8. The molecule has 0 radical (unpaired) electrons. The number of carbonyl (C=O) groups excluding carboxylic acids is 1. The minimum atomic E-state index is -1.99. The van der Waals surface area contributed by atoms with Gasteiger partial charge in [-0.15, -0.1) is 0 Å². The van der Waals surface area contributed by atoms with Crippen LogP contribution in [0.2, 0.25) is 0 Å². The number of allylic oxidation sites excluding steroid dienone is 13. The molecule has 3 fully saturated rings. The highest BCUT2D eigenvalue weighted by Crippen LogP contribution is 2.33. The fourth-order valence-corrected chi connectivity index (χ4v) is 10.4. The zero-order valence-corrected chi connectivity index (χ0v) is 51.3. The molecule has 3 aliphatic heterocycles. The Balaban J connectivity index is 1.50. The highest BCUT2D eigenvalue weighted by Gasteiger charge is 2.53. The van der Waals surface area contributed by atoms with Gasteiger partial charge in [-0.25, -0.2) is 0 Å². The number of amides is 1. The summed E-state index contributed by atoms with van der Waals surface area (Å²) in [5.74, 6) is -0.316. The average Bonchev–Trinajstić information content (AvgIpc) is 3.10. The van der Waals surface area contributed by atoms with Crippen molar-refractivity contribution in [2.75, 3.05) is 26.4 Å². The number of rotatable bonds is 47. The van der Waals surface area contributed by atoms with E-state index in [1.54, 1.807) is 6.08 Å². The predicted octanol–water partition coefficient (Wildman–Crippen LogP) is 7.15. The summed E-state index contributed by atoms with van der Waals surface area (Å²) in [5.41, 5.74) is 0. The van der Waals surface area contributed by atoms with Crippen LogP contribution in [0.15, 0.2) is 85.1 Å². The molecule has 19 nitrogen and oxygen atoms in total. The number of hydrogen-bond acceptors (Lipinski definition) is 18. The number of carbonyl (C=O) groups is 1. The van der Waals surface area contributed by atoms with Crippen LogP contribution >= 0.6 is 0 Å². The second-order valence-corrected chi connectivity index (χ2v) is 22.8. The van der Waals surface area contributed by atoms with E-state index in [0.717, 1.165) is 77.0 Å². The smallest absolute Gasteiger partial charge is 0.220 e. The quantitative estimate of drug-likeness (QED) is 0.0213. The zero-order chi connectivity index (χ0) is 61.9. The lowest BCUT2D eigenvalue weighted by atomic mass is 9.96. The molecule has 0 saturated carbocycles. The van der Waals surface area contributed by atoms with E-state index in [2.05, 4.69) is 92.1 Å². The summed E-state index contributed by atoms with van der Waals surface area (Å²) in [6.45, 7) is 1.55. The van der Waals surface area contributed by atoms with Gasteiger partial charge in [0.25, 0.3) is 0 Å². The lowest BCUT2D eigenvalue weighted by molar-refractivity contribution is -0.379. The van der Waals surface area contributed by atoms with Crippen LogP contribution in [-0.4, -0.2) is 193 Å². The van der Waals surface area contributed by atoms with Crippen molar-refractivity contribution in [3.8, 4) is 0 Å². The van der Waals surface area contributed by atoms with Crippen LogP contribution in [0.4, 0.5) is 0 Å². The van der Waals surface area contributed by atoms with Crippen LogP contribution < -0.4 is 5.32 Å². The Kier molecular flexibility index (Phi) is 43.0. The third-order valence-electron chi connectivity index (χ3n) is 15.7. The van der Waals surface area contributed by atoms with Crippen LogP contribution in [0.25, 0.3) is 0 Å². The van der Waals surface area contributed by atoms with Gasteiger partial charge in [0.1, 0.15) is 73.2 Å².